The van der Waals surface area contributed by atoms with Gasteiger partial charge in [-0.25, -0.2) is 8.78 Å². The van der Waals surface area contributed by atoms with Crippen LogP contribution in [-0.2, 0) is 4.74 Å². The zero-order valence-electron chi connectivity index (χ0n) is 9.08. The van der Waals surface area contributed by atoms with Crippen LogP contribution in [-0.4, -0.2) is 18.5 Å². The van der Waals surface area contributed by atoms with Gasteiger partial charge < -0.3 is 4.74 Å². The predicted octanol–water partition coefficient (Wildman–Crippen LogP) is 3.11. The first-order chi connectivity index (χ1) is 8.20. The van der Waals surface area contributed by atoms with Gasteiger partial charge >= 0.3 is 0 Å². The van der Waals surface area contributed by atoms with Crippen molar-refractivity contribution in [1.29, 1.82) is 5.26 Å². The Morgan fingerprint density at radius 3 is 2.65 bits per heavy atom. The molecule has 1 unspecified atom stereocenters. The molecule has 1 aromatic carbocycles. The third-order valence-electron chi connectivity index (χ3n) is 2.56. The van der Waals surface area contributed by atoms with Gasteiger partial charge in [0.25, 0.3) is 0 Å². The van der Waals surface area contributed by atoms with E-state index in [9.17, 15) is 8.78 Å². The molecule has 0 amide bonds. The molecule has 1 aliphatic rings. The van der Waals surface area contributed by atoms with E-state index in [1.54, 1.807) is 6.07 Å². The zero-order valence-corrected chi connectivity index (χ0v) is 9.90. The summed E-state index contributed by atoms with van der Waals surface area (Å²) in [5.74, 6) is -0.811. The van der Waals surface area contributed by atoms with E-state index in [-0.39, 0.29) is 16.6 Å². The normalized spacial score (nSPS) is 19.2. The van der Waals surface area contributed by atoms with E-state index in [0.717, 1.165) is 43.3 Å². The molecular formula is C12H11F2NOS. The molecule has 2 nitrogen and oxygen atoms in total. The van der Waals surface area contributed by atoms with E-state index in [1.165, 1.54) is 0 Å². The van der Waals surface area contributed by atoms with Crippen LogP contribution in [0, 0.1) is 23.0 Å². The summed E-state index contributed by atoms with van der Waals surface area (Å²) in [5.41, 5.74) is 0.00136. The molecule has 1 aromatic rings. The Labute approximate surface area is 103 Å². The third kappa shape index (κ3) is 2.96. The fourth-order valence-electron chi connectivity index (χ4n) is 1.71. The second-order valence-corrected chi connectivity index (χ2v) is 4.86. The molecule has 17 heavy (non-hydrogen) atoms. The molecule has 1 fully saturated rings. The Bertz CT molecular complexity index is 429. The Kier molecular flexibility index (Phi) is 3.97. The highest BCUT2D eigenvalue weighted by molar-refractivity contribution is 7.99. The molecule has 0 aromatic heterocycles. The smallest absolute Gasteiger partial charge is 0.141 e. The maximum Gasteiger partial charge on any atom is 0.141 e. The van der Waals surface area contributed by atoms with E-state index in [2.05, 4.69) is 0 Å². The number of hydrogen-bond acceptors (Lipinski definition) is 3. The van der Waals surface area contributed by atoms with Crippen molar-refractivity contribution in [3.63, 3.8) is 0 Å². The van der Waals surface area contributed by atoms with E-state index in [4.69, 9.17) is 10.00 Å². The monoisotopic (exact) mass is 255 g/mol. The van der Waals surface area contributed by atoms with Gasteiger partial charge in [-0.3, -0.25) is 0 Å². The van der Waals surface area contributed by atoms with Gasteiger partial charge in [-0.1, -0.05) is 0 Å². The van der Waals surface area contributed by atoms with Crippen LogP contribution in [0.3, 0.4) is 0 Å². The quantitative estimate of drug-likeness (QED) is 0.778. The van der Waals surface area contributed by atoms with Gasteiger partial charge in [0.05, 0.1) is 22.6 Å². The van der Waals surface area contributed by atoms with Gasteiger partial charge in [-0.2, -0.15) is 5.26 Å². The minimum absolute atomic E-state index is 0.00136. The summed E-state index contributed by atoms with van der Waals surface area (Å²) in [6.45, 7) is 0.726. The molecule has 0 saturated carbocycles. The fraction of sp³-hybridized carbons (Fsp3) is 0.417. The van der Waals surface area contributed by atoms with Crippen molar-refractivity contribution >= 4 is 11.8 Å². The molecule has 90 valence electrons. The number of thioether (sulfide) groups is 1. The minimum Gasteiger partial charge on any atom is -0.377 e. The number of nitriles is 1. The van der Waals surface area contributed by atoms with Crippen LogP contribution in [0.1, 0.15) is 18.4 Å². The predicted molar refractivity (Wildman–Crippen MR) is 60.8 cm³/mol. The van der Waals surface area contributed by atoms with Crippen molar-refractivity contribution in [1.82, 2.24) is 0 Å². The summed E-state index contributed by atoms with van der Waals surface area (Å²) in [7, 11) is 0. The molecule has 0 bridgehead atoms. The molecule has 0 radical (unpaired) electrons. The lowest BCUT2D eigenvalue weighted by Gasteiger charge is -2.09. The number of halogens is 2. The third-order valence-corrected chi connectivity index (χ3v) is 3.78. The van der Waals surface area contributed by atoms with Crippen molar-refractivity contribution in [2.45, 2.75) is 23.8 Å². The Hall–Kier alpha value is -1.12. The number of ether oxygens (including phenoxy) is 1. The maximum atomic E-state index is 13.5. The summed E-state index contributed by atoms with van der Waals surface area (Å²) in [6, 6.07) is 3.83. The highest BCUT2D eigenvalue weighted by Crippen LogP contribution is 2.29. The number of benzene rings is 1. The summed E-state index contributed by atoms with van der Waals surface area (Å²) in [4.78, 5) is -0.0282. The minimum atomic E-state index is -0.676. The highest BCUT2D eigenvalue weighted by atomic mass is 32.2. The van der Waals surface area contributed by atoms with Crippen LogP contribution < -0.4 is 0 Å². The SMILES string of the molecule is N#Cc1cc(F)c(SCC2CCCO2)c(F)c1. The van der Waals surface area contributed by atoms with Crippen LogP contribution >= 0.6 is 11.8 Å². The van der Waals surface area contributed by atoms with Gasteiger partial charge in [0, 0.05) is 12.4 Å². The first-order valence-corrected chi connectivity index (χ1v) is 6.33. The van der Waals surface area contributed by atoms with Gasteiger partial charge in [0.15, 0.2) is 0 Å². The van der Waals surface area contributed by atoms with Gasteiger partial charge in [-0.05, 0) is 25.0 Å². The van der Waals surface area contributed by atoms with Crippen molar-refractivity contribution in [3.8, 4) is 6.07 Å². The molecule has 5 heteroatoms. The summed E-state index contributed by atoms with van der Waals surface area (Å²) < 4.78 is 32.4. The molecule has 0 N–H and O–H groups in total. The number of rotatable bonds is 3. The van der Waals surface area contributed by atoms with E-state index in [0.29, 0.717) is 5.75 Å². The summed E-state index contributed by atoms with van der Waals surface area (Å²) >= 11 is 1.11. The second kappa shape index (κ2) is 5.48. The Morgan fingerprint density at radius 2 is 2.12 bits per heavy atom. The van der Waals surface area contributed by atoms with Crippen LogP contribution in [0.4, 0.5) is 8.78 Å². The number of nitrogens with zero attached hydrogens (tertiary/aromatic N) is 1. The molecule has 1 atom stereocenters. The molecule has 1 aliphatic heterocycles. The zero-order chi connectivity index (χ0) is 12.3. The van der Waals surface area contributed by atoms with Crippen molar-refractivity contribution in [3.05, 3.63) is 29.3 Å². The molecule has 1 heterocycles. The Balaban J connectivity index is 2.07. The first kappa shape index (κ1) is 12.3. The number of hydrogen-bond donors (Lipinski definition) is 0. The lowest BCUT2D eigenvalue weighted by molar-refractivity contribution is 0.129. The summed E-state index contributed by atoms with van der Waals surface area (Å²) in [5, 5.41) is 8.57. The van der Waals surface area contributed by atoms with E-state index < -0.39 is 11.6 Å². The average molecular weight is 255 g/mol. The second-order valence-electron chi connectivity index (χ2n) is 3.83. The molecule has 2 rings (SSSR count). The fourth-order valence-corrected chi connectivity index (χ4v) is 2.72. The largest absolute Gasteiger partial charge is 0.377 e. The molecule has 0 aliphatic carbocycles. The van der Waals surface area contributed by atoms with Crippen molar-refractivity contribution in [2.24, 2.45) is 0 Å². The van der Waals surface area contributed by atoms with Crippen LogP contribution in [0.5, 0.6) is 0 Å². The van der Waals surface area contributed by atoms with E-state index >= 15 is 0 Å². The van der Waals surface area contributed by atoms with Crippen molar-refractivity contribution < 1.29 is 13.5 Å². The highest BCUT2D eigenvalue weighted by Gasteiger charge is 2.18. The van der Waals surface area contributed by atoms with Crippen LogP contribution in [0.25, 0.3) is 0 Å². The molecule has 0 spiro atoms. The topological polar surface area (TPSA) is 33.0 Å². The lowest BCUT2D eigenvalue weighted by atomic mass is 10.2. The molecule has 1 saturated heterocycles. The average Bonchev–Trinajstić information content (AvgIpc) is 2.80. The standard InChI is InChI=1S/C12H11F2NOS/c13-10-4-8(6-15)5-11(14)12(10)17-7-9-2-1-3-16-9/h4-5,9H,1-3,7H2. The van der Waals surface area contributed by atoms with Crippen molar-refractivity contribution in [2.75, 3.05) is 12.4 Å². The molecular weight excluding hydrogens is 244 g/mol. The van der Waals surface area contributed by atoms with Crippen LogP contribution in [0.15, 0.2) is 17.0 Å². The maximum absolute atomic E-state index is 13.5. The first-order valence-electron chi connectivity index (χ1n) is 5.34. The van der Waals surface area contributed by atoms with Gasteiger partial charge in [-0.15, -0.1) is 11.8 Å². The van der Waals surface area contributed by atoms with E-state index in [1.807, 2.05) is 0 Å². The van der Waals surface area contributed by atoms with Crippen LogP contribution in [0.2, 0.25) is 0 Å². The van der Waals surface area contributed by atoms with Gasteiger partial charge in [0.1, 0.15) is 11.6 Å². The lowest BCUT2D eigenvalue weighted by Crippen LogP contribution is -2.08. The van der Waals surface area contributed by atoms with Gasteiger partial charge in [0.2, 0.25) is 0 Å². The Morgan fingerprint density at radius 1 is 1.41 bits per heavy atom. The summed E-state index contributed by atoms with van der Waals surface area (Å²) in [6.07, 6.45) is 2.02.